The zero-order valence-electron chi connectivity index (χ0n) is 20.9. The van der Waals surface area contributed by atoms with Crippen molar-refractivity contribution >= 4 is 16.6 Å². The molecule has 1 N–H and O–H groups in total. The highest BCUT2D eigenvalue weighted by Crippen LogP contribution is 2.33. The van der Waals surface area contributed by atoms with Gasteiger partial charge in [-0.2, -0.15) is 0 Å². The number of unbranched alkanes of at least 4 members (excludes halogenated alkanes) is 5. The summed E-state index contributed by atoms with van der Waals surface area (Å²) in [7, 11) is 0. The van der Waals surface area contributed by atoms with Crippen molar-refractivity contribution in [3.8, 4) is 11.5 Å². The van der Waals surface area contributed by atoms with Gasteiger partial charge in [0.15, 0.2) is 5.75 Å². The van der Waals surface area contributed by atoms with E-state index in [-0.39, 0.29) is 23.8 Å². The molecule has 0 amide bonds. The van der Waals surface area contributed by atoms with E-state index in [4.69, 9.17) is 4.74 Å². The Morgan fingerprint density at radius 2 is 1.82 bits per heavy atom. The third-order valence-electron chi connectivity index (χ3n) is 5.88. The van der Waals surface area contributed by atoms with E-state index < -0.39 is 10.5 Å². The Labute approximate surface area is 201 Å². The fourth-order valence-electron chi connectivity index (χ4n) is 3.87. The number of non-ortho nitro benzene ring substituents is 1. The summed E-state index contributed by atoms with van der Waals surface area (Å²) in [5, 5.41) is 22.4. The predicted octanol–water partition coefficient (Wildman–Crippen LogP) is 7.05. The molecule has 2 rings (SSSR count). The molecule has 0 spiro atoms. The van der Waals surface area contributed by atoms with Gasteiger partial charge < -0.3 is 14.4 Å². The van der Waals surface area contributed by atoms with Crippen LogP contribution in [0.4, 0.5) is 5.69 Å². The van der Waals surface area contributed by atoms with Crippen LogP contribution in [0.25, 0.3) is 10.9 Å². The number of hydrogen-bond acceptors (Lipinski definition) is 5. The number of nitro groups is 1. The van der Waals surface area contributed by atoms with Crippen LogP contribution in [0.1, 0.15) is 79.1 Å². The molecule has 0 fully saturated rings. The highest BCUT2D eigenvalue weighted by molar-refractivity contribution is 5.89. The summed E-state index contributed by atoms with van der Waals surface area (Å²) in [6.07, 6.45) is 12.2. The fraction of sp³-hybridized carbons (Fsp3) is 0.519. The third kappa shape index (κ3) is 7.75. The van der Waals surface area contributed by atoms with Gasteiger partial charge >= 0.3 is 0 Å². The Kier molecular flexibility index (Phi) is 10.8. The van der Waals surface area contributed by atoms with E-state index >= 15 is 0 Å². The summed E-state index contributed by atoms with van der Waals surface area (Å²) >= 11 is 0. The SMILES string of the molecule is CCCCCCCCn1c(=O)c(OCC=C(C)CCC=C(C)C)c(O)c2ccc([N+](=O)[O-])cc21. The Bertz CT molecular complexity index is 1090. The molecule has 34 heavy (non-hydrogen) atoms. The lowest BCUT2D eigenvalue weighted by Crippen LogP contribution is -2.23. The molecule has 0 atom stereocenters. The monoisotopic (exact) mass is 470 g/mol. The van der Waals surface area contributed by atoms with Crippen LogP contribution in [0, 0.1) is 10.1 Å². The molecule has 1 aromatic carbocycles. The average molecular weight is 471 g/mol. The van der Waals surface area contributed by atoms with Gasteiger partial charge in [-0.25, -0.2) is 0 Å². The van der Waals surface area contributed by atoms with Crippen molar-refractivity contribution in [3.63, 3.8) is 0 Å². The standard InChI is InChI=1S/C27H38N2O5/c1-5-6-7-8-9-10-17-28-24-19-22(29(32)33)14-15-23(24)25(30)26(27(28)31)34-18-16-21(4)13-11-12-20(2)3/h12,14-16,19,30H,5-11,13,17-18H2,1-4H3. The highest BCUT2D eigenvalue weighted by atomic mass is 16.6. The van der Waals surface area contributed by atoms with Crippen LogP contribution in [-0.4, -0.2) is 21.2 Å². The molecule has 7 heteroatoms. The summed E-state index contributed by atoms with van der Waals surface area (Å²) < 4.78 is 7.25. The maximum Gasteiger partial charge on any atom is 0.297 e. The predicted molar refractivity (Wildman–Crippen MR) is 138 cm³/mol. The summed E-state index contributed by atoms with van der Waals surface area (Å²) in [5.41, 5.74) is 2.18. The van der Waals surface area contributed by atoms with Crippen LogP contribution in [0.3, 0.4) is 0 Å². The molecule has 0 saturated heterocycles. The molecule has 0 aliphatic carbocycles. The number of rotatable bonds is 14. The minimum Gasteiger partial charge on any atom is -0.504 e. The van der Waals surface area contributed by atoms with Gasteiger partial charge in [-0.3, -0.25) is 14.9 Å². The topological polar surface area (TPSA) is 94.6 Å². The first-order valence-electron chi connectivity index (χ1n) is 12.2. The summed E-state index contributed by atoms with van der Waals surface area (Å²) in [5.74, 6) is -0.384. The number of aromatic nitrogens is 1. The maximum absolute atomic E-state index is 13.3. The number of pyridine rings is 1. The molecule has 2 aromatic rings. The summed E-state index contributed by atoms with van der Waals surface area (Å²) in [6, 6.07) is 4.16. The second-order valence-corrected chi connectivity index (χ2v) is 9.04. The molecule has 0 unspecified atom stereocenters. The van der Waals surface area contributed by atoms with Crippen molar-refractivity contribution < 1.29 is 14.8 Å². The number of fused-ring (bicyclic) bond motifs is 1. The molecule has 1 heterocycles. The molecule has 0 bridgehead atoms. The van der Waals surface area contributed by atoms with Gasteiger partial charge in [-0.15, -0.1) is 0 Å². The third-order valence-corrected chi connectivity index (χ3v) is 5.88. The summed E-state index contributed by atoms with van der Waals surface area (Å²) in [6.45, 7) is 8.88. The van der Waals surface area contributed by atoms with E-state index in [1.54, 1.807) is 0 Å². The Balaban J connectivity index is 2.30. The Hall–Kier alpha value is -3.09. The largest absolute Gasteiger partial charge is 0.504 e. The zero-order valence-corrected chi connectivity index (χ0v) is 20.9. The van der Waals surface area contributed by atoms with E-state index in [9.17, 15) is 20.0 Å². The molecule has 0 radical (unpaired) electrons. The van der Waals surface area contributed by atoms with Crippen molar-refractivity contribution in [1.29, 1.82) is 0 Å². The number of aryl methyl sites for hydroxylation is 1. The first-order chi connectivity index (χ1) is 16.3. The molecular weight excluding hydrogens is 432 g/mol. The minimum atomic E-state index is -0.497. The second-order valence-electron chi connectivity index (χ2n) is 9.04. The molecule has 0 saturated carbocycles. The van der Waals surface area contributed by atoms with E-state index in [1.807, 2.05) is 13.0 Å². The smallest absolute Gasteiger partial charge is 0.297 e. The first-order valence-corrected chi connectivity index (χ1v) is 12.2. The number of hydrogen-bond donors (Lipinski definition) is 1. The van der Waals surface area contributed by atoms with Crippen molar-refractivity contribution in [2.75, 3.05) is 6.61 Å². The molecular formula is C27H38N2O5. The lowest BCUT2D eigenvalue weighted by molar-refractivity contribution is -0.384. The maximum atomic E-state index is 13.3. The Morgan fingerprint density at radius 3 is 2.50 bits per heavy atom. The lowest BCUT2D eigenvalue weighted by Gasteiger charge is -2.15. The van der Waals surface area contributed by atoms with Gasteiger partial charge in [0.25, 0.3) is 11.2 Å². The zero-order chi connectivity index (χ0) is 25.1. The molecule has 7 nitrogen and oxygen atoms in total. The van der Waals surface area contributed by atoms with Crippen molar-refractivity contribution in [3.05, 3.63) is 62.0 Å². The van der Waals surface area contributed by atoms with Crippen molar-refractivity contribution in [2.45, 2.75) is 85.6 Å². The van der Waals surface area contributed by atoms with Crippen LogP contribution >= 0.6 is 0 Å². The van der Waals surface area contributed by atoms with Crippen LogP contribution < -0.4 is 10.3 Å². The van der Waals surface area contributed by atoms with Crippen molar-refractivity contribution in [1.82, 2.24) is 4.57 Å². The molecule has 186 valence electrons. The normalized spacial score (nSPS) is 11.6. The molecule has 0 aliphatic rings. The number of allylic oxidation sites excluding steroid dienone is 3. The minimum absolute atomic E-state index is 0.110. The van der Waals surface area contributed by atoms with Gasteiger partial charge in [-0.1, -0.05) is 56.3 Å². The molecule has 0 aliphatic heterocycles. The fourth-order valence-corrected chi connectivity index (χ4v) is 3.87. The quantitative estimate of drug-likeness (QED) is 0.138. The van der Waals surface area contributed by atoms with Crippen LogP contribution in [0.2, 0.25) is 0 Å². The van der Waals surface area contributed by atoms with Gasteiger partial charge in [0.2, 0.25) is 5.75 Å². The highest BCUT2D eigenvalue weighted by Gasteiger charge is 2.20. The number of nitro benzene ring substituents is 1. The van der Waals surface area contributed by atoms with E-state index in [1.165, 1.54) is 34.8 Å². The van der Waals surface area contributed by atoms with Crippen molar-refractivity contribution in [2.24, 2.45) is 0 Å². The Morgan fingerprint density at radius 1 is 1.12 bits per heavy atom. The van der Waals surface area contributed by atoms with Crippen LogP contribution in [0.15, 0.2) is 46.3 Å². The summed E-state index contributed by atoms with van der Waals surface area (Å²) in [4.78, 5) is 24.0. The van der Waals surface area contributed by atoms with Gasteiger partial charge in [0, 0.05) is 24.1 Å². The average Bonchev–Trinajstić information content (AvgIpc) is 2.79. The number of aromatic hydroxyl groups is 1. The first kappa shape index (κ1) is 27.2. The van der Waals surface area contributed by atoms with E-state index in [2.05, 4.69) is 26.8 Å². The van der Waals surface area contributed by atoms with Gasteiger partial charge in [0.05, 0.1) is 10.4 Å². The van der Waals surface area contributed by atoms with Crippen LogP contribution in [0.5, 0.6) is 11.5 Å². The van der Waals surface area contributed by atoms with Gasteiger partial charge in [-0.05, 0) is 52.2 Å². The number of nitrogens with zero attached hydrogens (tertiary/aromatic N) is 2. The van der Waals surface area contributed by atoms with Gasteiger partial charge in [0.1, 0.15) is 6.61 Å². The van der Waals surface area contributed by atoms with E-state index in [0.29, 0.717) is 17.4 Å². The number of ether oxygens (including phenoxy) is 1. The second kappa shape index (κ2) is 13.6. The molecule has 1 aromatic heterocycles. The van der Waals surface area contributed by atoms with Crippen LogP contribution in [-0.2, 0) is 6.54 Å². The van der Waals surface area contributed by atoms with E-state index in [0.717, 1.165) is 50.5 Å². The number of benzene rings is 1. The lowest BCUT2D eigenvalue weighted by atomic mass is 10.1.